The number of methoxy groups -OCH3 is 2. The average molecular weight is 421 g/mol. The van der Waals surface area contributed by atoms with Crippen molar-refractivity contribution in [3.8, 4) is 0 Å². The molecule has 3 N–H and O–H groups in total. The second-order valence-electron chi connectivity index (χ2n) is 6.25. The van der Waals surface area contributed by atoms with E-state index in [2.05, 4.69) is 9.89 Å². The smallest absolute Gasteiger partial charge is 0.410 e. The van der Waals surface area contributed by atoms with Crippen molar-refractivity contribution in [2.24, 2.45) is 10.9 Å². The van der Waals surface area contributed by atoms with Crippen LogP contribution < -0.4 is 5.73 Å². The molecule has 0 saturated carbocycles. The summed E-state index contributed by atoms with van der Waals surface area (Å²) in [5.41, 5.74) is 6.76. The number of esters is 1. The third-order valence-corrected chi connectivity index (χ3v) is 4.27. The lowest BCUT2D eigenvalue weighted by Gasteiger charge is -2.23. The Morgan fingerprint density at radius 1 is 1.27 bits per heavy atom. The minimum Gasteiger partial charge on any atom is -0.478 e. The molecule has 1 aliphatic heterocycles. The van der Waals surface area contributed by atoms with Gasteiger partial charge in [0.05, 0.1) is 31.9 Å². The predicted molar refractivity (Wildman–Crippen MR) is 103 cm³/mol. The lowest BCUT2D eigenvalue weighted by atomic mass is 10.2. The molecule has 0 bridgehead atoms. The molecule has 0 spiro atoms. The van der Waals surface area contributed by atoms with Gasteiger partial charge >= 0.3 is 18.0 Å². The number of ether oxygens (including phenoxy) is 3. The fourth-order valence-corrected chi connectivity index (χ4v) is 2.75. The molecule has 1 aromatic rings. The van der Waals surface area contributed by atoms with Crippen molar-refractivity contribution >= 4 is 23.9 Å². The molecule has 11 heteroatoms. The largest absolute Gasteiger partial charge is 0.478 e. The van der Waals surface area contributed by atoms with Crippen molar-refractivity contribution in [1.82, 2.24) is 4.90 Å². The van der Waals surface area contributed by atoms with Gasteiger partial charge in [-0.25, -0.2) is 14.4 Å². The van der Waals surface area contributed by atoms with Crippen LogP contribution in [0.4, 0.5) is 4.79 Å². The van der Waals surface area contributed by atoms with Crippen LogP contribution in [0.1, 0.15) is 12.0 Å². The van der Waals surface area contributed by atoms with Gasteiger partial charge in [-0.1, -0.05) is 35.5 Å². The second kappa shape index (κ2) is 10.8. The summed E-state index contributed by atoms with van der Waals surface area (Å²) < 4.78 is 15.1. The van der Waals surface area contributed by atoms with E-state index in [4.69, 9.17) is 25.2 Å². The number of aliphatic carboxylic acids is 1. The predicted octanol–water partition coefficient (Wildman–Crippen LogP) is 0.843. The molecule has 0 aliphatic carbocycles. The first-order chi connectivity index (χ1) is 14.3. The monoisotopic (exact) mass is 421 g/mol. The van der Waals surface area contributed by atoms with Crippen LogP contribution in [0.15, 0.2) is 47.3 Å². The zero-order valence-electron chi connectivity index (χ0n) is 16.5. The lowest BCUT2D eigenvalue weighted by molar-refractivity contribution is -0.141. The standard InChI is InChI=1S/C19H23N3O8/c1-27-13-8-14(17(20)21-30-15(9-16(23)24)18(25)28-2)22(10-13)19(26)29-11-12-6-4-3-5-7-12/h3-7,9,13-14H,8,10-11H2,1-2H3,(H2,20,21)(H,23,24)/t13-,14+/m1/s1. The van der Waals surface area contributed by atoms with E-state index in [-0.39, 0.29) is 25.1 Å². The van der Waals surface area contributed by atoms with Crippen LogP contribution in [0.25, 0.3) is 0 Å². The first kappa shape index (κ1) is 22.7. The van der Waals surface area contributed by atoms with E-state index in [9.17, 15) is 14.4 Å². The molecule has 2 rings (SSSR count). The summed E-state index contributed by atoms with van der Waals surface area (Å²) in [6.45, 7) is 0.280. The zero-order valence-corrected chi connectivity index (χ0v) is 16.5. The van der Waals surface area contributed by atoms with Crippen LogP contribution in [0, 0.1) is 0 Å². The van der Waals surface area contributed by atoms with Crippen LogP contribution in [0.2, 0.25) is 0 Å². The van der Waals surface area contributed by atoms with Crippen molar-refractivity contribution in [2.75, 3.05) is 20.8 Å². The molecule has 1 saturated heterocycles. The van der Waals surface area contributed by atoms with Gasteiger partial charge in [0.2, 0.25) is 5.76 Å². The average Bonchev–Trinajstić information content (AvgIpc) is 3.19. The summed E-state index contributed by atoms with van der Waals surface area (Å²) in [5, 5.41) is 12.4. The molecule has 1 amide bonds. The molecule has 1 aliphatic rings. The number of likely N-dealkylation sites (tertiary alicyclic amines) is 1. The van der Waals surface area contributed by atoms with Crippen LogP contribution >= 0.6 is 0 Å². The number of carboxylic acids is 1. The van der Waals surface area contributed by atoms with Crippen LogP contribution in [-0.4, -0.2) is 66.8 Å². The fraction of sp³-hybridized carbons (Fsp3) is 0.368. The van der Waals surface area contributed by atoms with Crippen LogP contribution in [0.3, 0.4) is 0 Å². The minimum atomic E-state index is -1.43. The quantitative estimate of drug-likeness (QED) is 0.155. The summed E-state index contributed by atoms with van der Waals surface area (Å²) in [4.78, 5) is 41.1. The molecule has 30 heavy (non-hydrogen) atoms. The first-order valence-electron chi connectivity index (χ1n) is 8.89. The van der Waals surface area contributed by atoms with Gasteiger partial charge in [-0.2, -0.15) is 0 Å². The van der Waals surface area contributed by atoms with E-state index in [0.29, 0.717) is 12.5 Å². The molecule has 2 atom stereocenters. The Kier molecular flexibility index (Phi) is 8.18. The highest BCUT2D eigenvalue weighted by atomic mass is 16.7. The van der Waals surface area contributed by atoms with Crippen molar-refractivity contribution in [3.63, 3.8) is 0 Å². The van der Waals surface area contributed by atoms with Crippen molar-refractivity contribution in [3.05, 3.63) is 47.7 Å². The van der Waals surface area contributed by atoms with E-state index in [0.717, 1.165) is 12.7 Å². The molecule has 1 aromatic carbocycles. The van der Waals surface area contributed by atoms with Gasteiger partial charge in [0.15, 0.2) is 5.84 Å². The van der Waals surface area contributed by atoms with E-state index < -0.39 is 29.8 Å². The Hall–Kier alpha value is -3.60. The maximum Gasteiger partial charge on any atom is 0.410 e. The number of carboxylic acid groups (broad SMARTS) is 1. The van der Waals surface area contributed by atoms with Gasteiger partial charge in [-0.15, -0.1) is 0 Å². The number of carbonyl (C=O) groups is 3. The Labute approximate surface area is 172 Å². The number of hydrogen-bond acceptors (Lipinski definition) is 8. The van der Waals surface area contributed by atoms with Gasteiger partial charge in [0.1, 0.15) is 6.61 Å². The topological polar surface area (TPSA) is 150 Å². The second-order valence-corrected chi connectivity index (χ2v) is 6.25. The van der Waals surface area contributed by atoms with Gasteiger partial charge < -0.3 is 29.9 Å². The number of amides is 1. The molecule has 0 aromatic heterocycles. The lowest BCUT2D eigenvalue weighted by Crippen LogP contribution is -2.44. The zero-order chi connectivity index (χ0) is 22.1. The van der Waals surface area contributed by atoms with E-state index in [1.54, 1.807) is 0 Å². The summed E-state index contributed by atoms with van der Waals surface area (Å²) in [6.07, 6.45) is -0.147. The van der Waals surface area contributed by atoms with Gasteiger partial charge in [0, 0.05) is 13.5 Å². The molecular formula is C19H23N3O8. The maximum atomic E-state index is 12.6. The molecular weight excluding hydrogens is 398 g/mol. The number of oxime groups is 1. The number of nitrogens with two attached hydrogens (primary N) is 1. The van der Waals surface area contributed by atoms with Crippen molar-refractivity contribution < 1.29 is 38.5 Å². The maximum absolute atomic E-state index is 12.6. The van der Waals surface area contributed by atoms with Crippen LogP contribution in [-0.2, 0) is 35.2 Å². The third-order valence-electron chi connectivity index (χ3n) is 4.27. The first-order valence-corrected chi connectivity index (χ1v) is 8.89. The summed E-state index contributed by atoms with van der Waals surface area (Å²) >= 11 is 0. The van der Waals surface area contributed by atoms with Crippen molar-refractivity contribution in [2.45, 2.75) is 25.2 Å². The molecule has 0 radical (unpaired) electrons. The highest BCUT2D eigenvalue weighted by Crippen LogP contribution is 2.22. The van der Waals surface area contributed by atoms with Gasteiger partial charge in [0.25, 0.3) is 0 Å². The number of nitrogens with zero attached hydrogens (tertiary/aromatic N) is 2. The molecule has 11 nitrogen and oxygen atoms in total. The van der Waals surface area contributed by atoms with E-state index in [1.165, 1.54) is 12.0 Å². The Morgan fingerprint density at radius 3 is 2.57 bits per heavy atom. The summed E-state index contributed by atoms with van der Waals surface area (Å²) in [7, 11) is 2.55. The Balaban J connectivity index is 2.11. The van der Waals surface area contributed by atoms with Gasteiger partial charge in [-0.3, -0.25) is 4.90 Å². The molecule has 162 valence electrons. The molecule has 1 fully saturated rings. The highest BCUT2D eigenvalue weighted by Gasteiger charge is 2.39. The molecule has 1 heterocycles. The normalized spacial score (nSPS) is 19.3. The minimum absolute atomic E-state index is 0.0714. The number of benzene rings is 1. The van der Waals surface area contributed by atoms with Crippen molar-refractivity contribution in [1.29, 1.82) is 0 Å². The van der Waals surface area contributed by atoms with Gasteiger partial charge in [-0.05, 0) is 5.56 Å². The van der Waals surface area contributed by atoms with Crippen LogP contribution in [0.5, 0.6) is 0 Å². The highest BCUT2D eigenvalue weighted by molar-refractivity contribution is 5.94. The number of rotatable bonds is 8. The van der Waals surface area contributed by atoms with E-state index in [1.807, 2.05) is 30.3 Å². The Morgan fingerprint density at radius 2 is 1.97 bits per heavy atom. The SMILES string of the molecule is COC(=O)C(=CC(=O)O)O/N=C(\N)[C@@H]1C[C@@H](OC)CN1C(=O)OCc1ccccc1. The fourth-order valence-electron chi connectivity index (χ4n) is 2.75. The number of hydrogen-bond donors (Lipinski definition) is 2. The summed E-state index contributed by atoms with van der Waals surface area (Å²) in [6, 6.07) is 8.41. The van der Waals surface area contributed by atoms with E-state index >= 15 is 0 Å². The Bertz CT molecular complexity index is 824. The summed E-state index contributed by atoms with van der Waals surface area (Å²) in [5.74, 6) is -3.32. The third kappa shape index (κ3) is 6.21. The molecule has 0 unspecified atom stereocenters. The number of amidine groups is 1. The number of carbonyl (C=O) groups excluding carboxylic acids is 2.